The van der Waals surface area contributed by atoms with Gasteiger partial charge in [0.2, 0.25) is 0 Å². The van der Waals surface area contributed by atoms with Crippen LogP contribution in [0.15, 0.2) is 36.7 Å². The van der Waals surface area contributed by atoms with Gasteiger partial charge in [0, 0.05) is 13.0 Å². The van der Waals surface area contributed by atoms with Crippen LogP contribution in [0.4, 0.5) is 5.69 Å². The summed E-state index contributed by atoms with van der Waals surface area (Å²) in [6, 6.07) is 9.77. The number of imidazole rings is 1. The maximum absolute atomic E-state index is 12.3. The Bertz CT molecular complexity index is 638. The van der Waals surface area contributed by atoms with Gasteiger partial charge in [-0.25, -0.2) is 4.98 Å². The first-order valence-corrected chi connectivity index (χ1v) is 6.69. The smallest absolute Gasteiger partial charge is 0.256 e. The number of amides is 1. The molecule has 20 heavy (non-hydrogen) atoms. The van der Waals surface area contributed by atoms with Gasteiger partial charge in [0.25, 0.3) is 5.91 Å². The molecule has 0 spiro atoms. The van der Waals surface area contributed by atoms with Crippen molar-refractivity contribution in [3.63, 3.8) is 0 Å². The molecule has 102 valence electrons. The molecule has 0 bridgehead atoms. The fourth-order valence-corrected chi connectivity index (χ4v) is 2.87. The molecule has 1 unspecified atom stereocenters. The number of carbonyl (C=O) groups is 1. The summed E-state index contributed by atoms with van der Waals surface area (Å²) >= 11 is 0. The van der Waals surface area contributed by atoms with Gasteiger partial charge in [0.1, 0.15) is 0 Å². The van der Waals surface area contributed by atoms with Gasteiger partial charge >= 0.3 is 0 Å². The number of fused-ring (bicyclic) bond motifs is 2. The Morgan fingerprint density at radius 1 is 1.25 bits per heavy atom. The van der Waals surface area contributed by atoms with Crippen molar-refractivity contribution in [3.05, 3.63) is 48.0 Å². The van der Waals surface area contributed by atoms with E-state index < -0.39 is 0 Å². The lowest BCUT2D eigenvalue weighted by molar-refractivity contribution is -0.130. The predicted octanol–water partition coefficient (Wildman–Crippen LogP) is 0.645. The summed E-state index contributed by atoms with van der Waals surface area (Å²) in [5.74, 6) is 0.0359. The second-order valence-corrected chi connectivity index (χ2v) is 5.18. The highest BCUT2D eigenvalue weighted by Gasteiger charge is 2.38. The highest BCUT2D eigenvalue weighted by Crippen LogP contribution is 2.25. The zero-order valence-electron chi connectivity index (χ0n) is 10.9. The summed E-state index contributed by atoms with van der Waals surface area (Å²) in [4.78, 5) is 21.9. The van der Waals surface area contributed by atoms with Gasteiger partial charge in [0.05, 0.1) is 36.1 Å². The molecule has 1 fully saturated rings. The molecule has 1 aromatic carbocycles. The average molecular weight is 269 g/mol. The summed E-state index contributed by atoms with van der Waals surface area (Å²) in [7, 11) is 0. The van der Waals surface area contributed by atoms with E-state index in [-0.39, 0.29) is 11.9 Å². The first kappa shape index (κ1) is 11.5. The first-order valence-electron chi connectivity index (χ1n) is 6.69. The molecule has 6 heteroatoms. The second kappa shape index (κ2) is 4.35. The summed E-state index contributed by atoms with van der Waals surface area (Å²) in [5.41, 5.74) is 6.09. The SMILES string of the molecule is O=C1NN(c2ccccc2)CN2Cc3[nH]cnc3CC12. The van der Waals surface area contributed by atoms with Crippen LogP contribution in [0.25, 0.3) is 0 Å². The van der Waals surface area contributed by atoms with Crippen LogP contribution in [-0.2, 0) is 17.8 Å². The van der Waals surface area contributed by atoms with E-state index in [9.17, 15) is 4.79 Å². The number of hydrazine groups is 1. The van der Waals surface area contributed by atoms with Crippen molar-refractivity contribution >= 4 is 11.6 Å². The third-order valence-electron chi connectivity index (χ3n) is 3.93. The minimum atomic E-state index is -0.120. The molecule has 2 N–H and O–H groups in total. The number of aromatic nitrogens is 2. The lowest BCUT2D eigenvalue weighted by atomic mass is 10.0. The largest absolute Gasteiger partial charge is 0.347 e. The lowest BCUT2D eigenvalue weighted by Crippen LogP contribution is -2.64. The Morgan fingerprint density at radius 3 is 2.95 bits per heavy atom. The molecule has 0 radical (unpaired) electrons. The third kappa shape index (κ3) is 1.77. The molecule has 0 saturated carbocycles. The maximum atomic E-state index is 12.3. The number of anilines is 1. The number of H-pyrrole nitrogens is 1. The molecule has 2 aromatic rings. The zero-order valence-corrected chi connectivity index (χ0v) is 10.9. The van der Waals surface area contributed by atoms with Gasteiger partial charge in [-0.05, 0) is 12.1 Å². The molecule has 2 aliphatic rings. The molecule has 0 aliphatic carbocycles. The summed E-state index contributed by atoms with van der Waals surface area (Å²) in [6.45, 7) is 1.41. The van der Waals surface area contributed by atoms with Crippen LogP contribution < -0.4 is 10.4 Å². The van der Waals surface area contributed by atoms with E-state index in [1.165, 1.54) is 0 Å². The summed E-state index contributed by atoms with van der Waals surface area (Å²) in [5, 5.41) is 1.89. The van der Waals surface area contributed by atoms with Gasteiger partial charge in [-0.2, -0.15) is 0 Å². The Labute approximate surface area is 116 Å². The van der Waals surface area contributed by atoms with E-state index in [0.29, 0.717) is 13.1 Å². The minimum Gasteiger partial charge on any atom is -0.347 e. The highest BCUT2D eigenvalue weighted by molar-refractivity contribution is 5.85. The summed E-state index contributed by atoms with van der Waals surface area (Å²) in [6.07, 6.45) is 2.38. The third-order valence-corrected chi connectivity index (χ3v) is 3.93. The Morgan fingerprint density at radius 2 is 2.10 bits per heavy atom. The van der Waals surface area contributed by atoms with Crippen molar-refractivity contribution in [2.45, 2.75) is 19.0 Å². The average Bonchev–Trinajstić information content (AvgIpc) is 2.93. The monoisotopic (exact) mass is 269 g/mol. The van der Waals surface area contributed by atoms with Crippen LogP contribution in [0.5, 0.6) is 0 Å². The van der Waals surface area contributed by atoms with Crippen LogP contribution in [0, 0.1) is 0 Å². The molecular weight excluding hydrogens is 254 g/mol. The quantitative estimate of drug-likeness (QED) is 0.797. The first-order chi connectivity index (χ1) is 9.81. The fraction of sp³-hybridized carbons (Fsp3) is 0.286. The van der Waals surface area contributed by atoms with Crippen LogP contribution in [-0.4, -0.2) is 33.5 Å². The van der Waals surface area contributed by atoms with Crippen molar-refractivity contribution < 1.29 is 4.79 Å². The molecule has 2 aliphatic heterocycles. The minimum absolute atomic E-state index is 0.0359. The number of hydrogen-bond donors (Lipinski definition) is 2. The van der Waals surface area contributed by atoms with Crippen LogP contribution >= 0.6 is 0 Å². The number of rotatable bonds is 1. The molecule has 3 heterocycles. The van der Waals surface area contributed by atoms with E-state index in [2.05, 4.69) is 20.3 Å². The van der Waals surface area contributed by atoms with E-state index in [4.69, 9.17) is 0 Å². The number of benzene rings is 1. The molecule has 1 saturated heterocycles. The van der Waals surface area contributed by atoms with E-state index in [0.717, 1.165) is 23.6 Å². The van der Waals surface area contributed by atoms with Gasteiger partial charge in [0.15, 0.2) is 0 Å². The van der Waals surface area contributed by atoms with E-state index in [1.54, 1.807) is 6.33 Å². The number of carbonyl (C=O) groups excluding carboxylic acids is 1. The number of hydrogen-bond acceptors (Lipinski definition) is 4. The maximum Gasteiger partial charge on any atom is 0.256 e. The Balaban J connectivity index is 1.62. The molecule has 4 rings (SSSR count). The number of para-hydroxylation sites is 1. The van der Waals surface area contributed by atoms with Crippen LogP contribution in [0.1, 0.15) is 11.4 Å². The van der Waals surface area contributed by atoms with Crippen molar-refractivity contribution in [3.8, 4) is 0 Å². The summed E-state index contributed by atoms with van der Waals surface area (Å²) < 4.78 is 0. The normalized spacial score (nSPS) is 22.1. The Kier molecular flexibility index (Phi) is 2.50. The predicted molar refractivity (Wildman–Crippen MR) is 73.6 cm³/mol. The van der Waals surface area contributed by atoms with Gasteiger partial charge in [-0.15, -0.1) is 0 Å². The van der Waals surface area contributed by atoms with E-state index in [1.807, 2.05) is 35.3 Å². The standard InChI is InChI=1S/C14H15N5O/c20-14-13-6-11-12(16-8-15-11)7-18(13)9-19(17-14)10-4-2-1-3-5-10/h1-5,8,13H,6-7,9H2,(H,15,16)(H,17,20). The van der Waals surface area contributed by atoms with Crippen molar-refractivity contribution in [2.75, 3.05) is 11.7 Å². The fourth-order valence-electron chi connectivity index (χ4n) is 2.87. The number of nitrogens with zero attached hydrogens (tertiary/aromatic N) is 3. The van der Waals surface area contributed by atoms with Gasteiger partial charge in [-0.3, -0.25) is 20.1 Å². The zero-order chi connectivity index (χ0) is 13.5. The van der Waals surface area contributed by atoms with Crippen molar-refractivity contribution in [2.24, 2.45) is 0 Å². The molecule has 1 atom stereocenters. The highest BCUT2D eigenvalue weighted by atomic mass is 16.2. The topological polar surface area (TPSA) is 64.3 Å². The molecule has 1 aromatic heterocycles. The van der Waals surface area contributed by atoms with Crippen molar-refractivity contribution in [1.29, 1.82) is 0 Å². The molecule has 1 amide bonds. The second-order valence-electron chi connectivity index (χ2n) is 5.18. The van der Waals surface area contributed by atoms with Crippen LogP contribution in [0.3, 0.4) is 0 Å². The van der Waals surface area contributed by atoms with Crippen LogP contribution in [0.2, 0.25) is 0 Å². The van der Waals surface area contributed by atoms with Gasteiger partial charge in [-0.1, -0.05) is 18.2 Å². The molecular formula is C14H15N5O. The van der Waals surface area contributed by atoms with Crippen molar-refractivity contribution in [1.82, 2.24) is 20.3 Å². The number of nitrogens with one attached hydrogen (secondary N) is 2. The van der Waals surface area contributed by atoms with Gasteiger partial charge < -0.3 is 4.98 Å². The Hall–Kier alpha value is -2.34. The lowest BCUT2D eigenvalue weighted by Gasteiger charge is -2.43. The molecule has 6 nitrogen and oxygen atoms in total. The van der Waals surface area contributed by atoms with E-state index >= 15 is 0 Å². The number of aromatic amines is 1.